The number of fused-ring (bicyclic) bond motifs is 12. The van der Waals surface area contributed by atoms with Gasteiger partial charge in [0.1, 0.15) is 0 Å². The van der Waals surface area contributed by atoms with Crippen molar-refractivity contribution in [3.8, 4) is 22.9 Å². The molecule has 0 saturated heterocycles. The number of thiophene rings is 1. The third-order valence-corrected chi connectivity index (χ3v) is 12.1. The van der Waals surface area contributed by atoms with Crippen molar-refractivity contribution in [2.45, 2.75) is 0 Å². The Hall–Kier alpha value is -6.82. The van der Waals surface area contributed by atoms with Gasteiger partial charge >= 0.3 is 0 Å². The van der Waals surface area contributed by atoms with Gasteiger partial charge in [0, 0.05) is 58.4 Å². The molecule has 12 aromatic rings. The van der Waals surface area contributed by atoms with E-state index in [1.807, 2.05) is 11.3 Å². The van der Waals surface area contributed by atoms with E-state index in [9.17, 15) is 0 Å². The van der Waals surface area contributed by atoms with Crippen molar-refractivity contribution in [2.24, 2.45) is 0 Å². The zero-order valence-corrected chi connectivity index (χ0v) is 29.2. The van der Waals surface area contributed by atoms with Crippen LogP contribution in [0.2, 0.25) is 0 Å². The number of nitrogens with zero attached hydrogens (tertiary/aromatic N) is 4. The molecule has 0 radical (unpaired) electrons. The maximum atomic E-state index is 5.57. The molecule has 0 atom stereocenters. The van der Waals surface area contributed by atoms with Crippen molar-refractivity contribution < 1.29 is 0 Å². The first kappa shape index (κ1) is 28.8. The van der Waals surface area contributed by atoms with Crippen molar-refractivity contribution >= 4 is 96.8 Å². The Morgan fingerprint density at radius 2 is 1.08 bits per heavy atom. The number of benzene rings is 8. The fraction of sp³-hybridized carbons (Fsp3) is 0. The molecule has 0 N–H and O–H groups in total. The predicted octanol–water partition coefficient (Wildman–Crippen LogP) is 13.0. The molecule has 0 fully saturated rings. The van der Waals surface area contributed by atoms with E-state index in [-0.39, 0.29) is 0 Å². The van der Waals surface area contributed by atoms with E-state index in [0.717, 1.165) is 38.9 Å². The van der Waals surface area contributed by atoms with E-state index >= 15 is 0 Å². The lowest BCUT2D eigenvalue weighted by atomic mass is 10.0. The summed E-state index contributed by atoms with van der Waals surface area (Å²) in [6.45, 7) is 0. The lowest BCUT2D eigenvalue weighted by Crippen LogP contribution is -2.04. The van der Waals surface area contributed by atoms with Gasteiger partial charge < -0.3 is 4.57 Å². The highest BCUT2D eigenvalue weighted by atomic mass is 32.1. The highest BCUT2D eigenvalue weighted by Crippen LogP contribution is 2.43. The molecule has 4 heterocycles. The number of aromatic nitrogens is 4. The lowest BCUT2D eigenvalue weighted by Gasteiger charge is -2.13. The van der Waals surface area contributed by atoms with Crippen LogP contribution in [-0.4, -0.2) is 19.1 Å². The Morgan fingerprint density at radius 3 is 1.91 bits per heavy atom. The van der Waals surface area contributed by atoms with Crippen LogP contribution in [0.5, 0.6) is 0 Å². The summed E-state index contributed by atoms with van der Waals surface area (Å²) in [5.41, 5.74) is 8.58. The SMILES string of the molecule is c1ccc2c(c1)ccc1c2c2ccc(-n3c4ccccc4c4ccccc43)cc2n1-c1nc(-c2cccc3sc4ccccc4c23)c2ccccc2n1. The summed E-state index contributed by atoms with van der Waals surface area (Å²) in [6.07, 6.45) is 0. The molecular weight excluding hydrogens is 665 g/mol. The molecule has 0 aliphatic carbocycles. The first-order valence-electron chi connectivity index (χ1n) is 17.9. The number of hydrogen-bond acceptors (Lipinski definition) is 3. The van der Waals surface area contributed by atoms with E-state index < -0.39 is 0 Å². The summed E-state index contributed by atoms with van der Waals surface area (Å²) in [5, 5.41) is 10.8. The standard InChI is InChI=1S/C48H28N4S/c1-2-13-31-29(12-1)24-27-41-45(31)35-26-25-30(51-39-20-8-4-14-32(39)33-15-5-9-21-40(33)51)28-42(35)52(41)48-49-38-19-7-3-16-34(38)47(50-48)37-18-11-23-44-46(37)36-17-6-10-22-43(36)53-44/h1-28H. The minimum absolute atomic E-state index is 0.657. The molecule has 4 aromatic heterocycles. The van der Waals surface area contributed by atoms with Gasteiger partial charge in [-0.3, -0.25) is 4.57 Å². The summed E-state index contributed by atoms with van der Waals surface area (Å²) >= 11 is 1.83. The molecule has 0 amide bonds. The van der Waals surface area contributed by atoms with E-state index in [2.05, 4.69) is 179 Å². The second-order valence-corrected chi connectivity index (χ2v) is 14.8. The number of hydrogen-bond donors (Lipinski definition) is 0. The van der Waals surface area contributed by atoms with E-state index in [1.165, 1.54) is 63.5 Å². The van der Waals surface area contributed by atoms with Crippen molar-refractivity contribution in [3.63, 3.8) is 0 Å². The summed E-state index contributed by atoms with van der Waals surface area (Å²) in [6, 6.07) is 61.1. The van der Waals surface area contributed by atoms with Gasteiger partial charge in [-0.15, -0.1) is 11.3 Å². The molecule has 4 nitrogen and oxygen atoms in total. The van der Waals surface area contributed by atoms with Crippen LogP contribution in [-0.2, 0) is 0 Å². The van der Waals surface area contributed by atoms with Gasteiger partial charge in [-0.05, 0) is 59.3 Å². The molecule has 246 valence electrons. The third kappa shape index (κ3) is 4.05. The average Bonchev–Trinajstić information content (AvgIpc) is 3.88. The zero-order valence-electron chi connectivity index (χ0n) is 28.4. The molecule has 12 rings (SSSR count). The van der Waals surface area contributed by atoms with Crippen LogP contribution in [0.25, 0.3) is 108 Å². The van der Waals surface area contributed by atoms with Gasteiger partial charge in [-0.25, -0.2) is 9.97 Å². The van der Waals surface area contributed by atoms with Crippen LogP contribution in [0.3, 0.4) is 0 Å². The topological polar surface area (TPSA) is 35.6 Å². The zero-order chi connectivity index (χ0) is 34.6. The second kappa shape index (κ2) is 10.8. The lowest BCUT2D eigenvalue weighted by molar-refractivity contribution is 1.01. The van der Waals surface area contributed by atoms with Crippen LogP contribution >= 0.6 is 11.3 Å². The van der Waals surface area contributed by atoms with Crippen LogP contribution in [0, 0.1) is 0 Å². The molecule has 0 saturated carbocycles. The first-order valence-corrected chi connectivity index (χ1v) is 18.7. The van der Waals surface area contributed by atoms with E-state index in [0.29, 0.717) is 5.95 Å². The fourth-order valence-electron chi connectivity index (χ4n) is 8.67. The number of para-hydroxylation sites is 3. The van der Waals surface area contributed by atoms with Gasteiger partial charge in [-0.1, -0.05) is 121 Å². The molecule has 0 spiro atoms. The Labute approximate surface area is 307 Å². The van der Waals surface area contributed by atoms with E-state index in [4.69, 9.17) is 9.97 Å². The van der Waals surface area contributed by atoms with Crippen molar-refractivity contribution in [3.05, 3.63) is 170 Å². The van der Waals surface area contributed by atoms with E-state index in [1.54, 1.807) is 0 Å². The highest BCUT2D eigenvalue weighted by molar-refractivity contribution is 7.25. The van der Waals surface area contributed by atoms with Gasteiger partial charge in [-0.2, -0.15) is 0 Å². The Morgan fingerprint density at radius 1 is 0.396 bits per heavy atom. The van der Waals surface area contributed by atoms with Crippen LogP contribution in [0.1, 0.15) is 0 Å². The first-order chi connectivity index (χ1) is 26.3. The fourth-order valence-corrected chi connectivity index (χ4v) is 9.80. The quantitative estimate of drug-likeness (QED) is 0.185. The van der Waals surface area contributed by atoms with Crippen molar-refractivity contribution in [1.29, 1.82) is 0 Å². The monoisotopic (exact) mass is 692 g/mol. The number of rotatable bonds is 3. The van der Waals surface area contributed by atoms with Crippen LogP contribution in [0.4, 0.5) is 0 Å². The molecular formula is C48H28N4S. The maximum Gasteiger partial charge on any atom is 0.235 e. The highest BCUT2D eigenvalue weighted by Gasteiger charge is 2.22. The minimum Gasteiger partial charge on any atom is -0.309 e. The summed E-state index contributed by atoms with van der Waals surface area (Å²) in [4.78, 5) is 10.9. The van der Waals surface area contributed by atoms with Crippen molar-refractivity contribution in [1.82, 2.24) is 19.1 Å². The largest absolute Gasteiger partial charge is 0.309 e. The summed E-state index contributed by atoms with van der Waals surface area (Å²) in [5.74, 6) is 0.657. The van der Waals surface area contributed by atoms with Gasteiger partial charge in [0.05, 0.1) is 33.3 Å². The smallest absolute Gasteiger partial charge is 0.235 e. The average molecular weight is 693 g/mol. The van der Waals surface area contributed by atoms with Crippen LogP contribution < -0.4 is 0 Å². The Balaban J connectivity index is 1.21. The molecule has 0 bridgehead atoms. The van der Waals surface area contributed by atoms with Gasteiger partial charge in [0.15, 0.2) is 0 Å². The molecule has 0 unspecified atom stereocenters. The summed E-state index contributed by atoms with van der Waals surface area (Å²) in [7, 11) is 0. The second-order valence-electron chi connectivity index (χ2n) is 13.8. The molecule has 0 aliphatic rings. The predicted molar refractivity (Wildman–Crippen MR) is 224 cm³/mol. The normalized spacial score (nSPS) is 12.2. The Kier molecular flexibility index (Phi) is 5.90. The molecule has 0 aliphatic heterocycles. The van der Waals surface area contributed by atoms with Crippen molar-refractivity contribution in [2.75, 3.05) is 0 Å². The third-order valence-electron chi connectivity index (χ3n) is 10.9. The molecule has 5 heteroatoms. The van der Waals surface area contributed by atoms with Crippen LogP contribution in [0.15, 0.2) is 170 Å². The minimum atomic E-state index is 0.657. The molecule has 53 heavy (non-hydrogen) atoms. The maximum absolute atomic E-state index is 5.57. The molecule has 8 aromatic carbocycles. The van der Waals surface area contributed by atoms with Gasteiger partial charge in [0.2, 0.25) is 5.95 Å². The van der Waals surface area contributed by atoms with Gasteiger partial charge in [0.25, 0.3) is 0 Å². The Bertz CT molecular complexity index is 3420. The summed E-state index contributed by atoms with van der Waals surface area (Å²) < 4.78 is 7.21.